The molecule has 1 fully saturated rings. The van der Waals surface area contributed by atoms with Crippen molar-refractivity contribution in [2.75, 3.05) is 32.4 Å². The summed E-state index contributed by atoms with van der Waals surface area (Å²) in [4.78, 5) is 20.9. The number of aromatic amines is 1. The molecule has 1 aliphatic heterocycles. The van der Waals surface area contributed by atoms with Crippen molar-refractivity contribution < 1.29 is 4.79 Å². The van der Waals surface area contributed by atoms with Crippen molar-refractivity contribution in [1.29, 1.82) is 0 Å². The van der Waals surface area contributed by atoms with Gasteiger partial charge in [0.15, 0.2) is 5.16 Å². The summed E-state index contributed by atoms with van der Waals surface area (Å²) in [5, 5.41) is 7.28. The monoisotopic (exact) mass is 359 g/mol. The molecule has 1 atom stereocenters. The number of likely N-dealkylation sites (tertiary alicyclic amines) is 1. The molecule has 7 heteroatoms. The molecule has 1 saturated heterocycles. The van der Waals surface area contributed by atoms with Crippen LogP contribution in [0.15, 0.2) is 41.8 Å². The number of carbonyl (C=O) groups excluding carboxylic acids is 1. The minimum absolute atomic E-state index is 0.183. The number of rotatable bonds is 7. The highest BCUT2D eigenvalue weighted by Crippen LogP contribution is 2.18. The van der Waals surface area contributed by atoms with E-state index in [0.29, 0.717) is 17.0 Å². The van der Waals surface area contributed by atoms with E-state index in [4.69, 9.17) is 0 Å². The zero-order valence-electron chi connectivity index (χ0n) is 14.6. The second-order valence-electron chi connectivity index (χ2n) is 6.43. The van der Waals surface area contributed by atoms with Crippen LogP contribution in [0.2, 0.25) is 0 Å². The summed E-state index contributed by atoms with van der Waals surface area (Å²) in [6, 6.07) is 11.0. The van der Waals surface area contributed by atoms with Crippen LogP contribution in [0.5, 0.6) is 0 Å². The number of H-pyrrole nitrogens is 1. The maximum Gasteiger partial charge on any atom is 0.233 e. The van der Waals surface area contributed by atoms with Gasteiger partial charge in [0.25, 0.3) is 0 Å². The zero-order chi connectivity index (χ0) is 17.5. The molecule has 0 saturated carbocycles. The van der Waals surface area contributed by atoms with E-state index in [-0.39, 0.29) is 5.91 Å². The predicted molar refractivity (Wildman–Crippen MR) is 99.5 cm³/mol. The third-order valence-electron chi connectivity index (χ3n) is 4.69. The summed E-state index contributed by atoms with van der Waals surface area (Å²) in [5.41, 5.74) is 1.36. The van der Waals surface area contributed by atoms with Crippen LogP contribution in [0.3, 0.4) is 0 Å². The summed E-state index contributed by atoms with van der Waals surface area (Å²) in [6.45, 7) is 2.70. The third kappa shape index (κ3) is 5.31. The van der Waals surface area contributed by atoms with Crippen LogP contribution >= 0.6 is 11.8 Å². The summed E-state index contributed by atoms with van der Waals surface area (Å²) < 4.78 is 0. The van der Waals surface area contributed by atoms with Crippen LogP contribution in [0.25, 0.3) is 0 Å². The number of carbonyl (C=O) groups is 1. The van der Waals surface area contributed by atoms with E-state index in [0.717, 1.165) is 38.9 Å². The number of hydrogen-bond donors (Lipinski definition) is 1. The van der Waals surface area contributed by atoms with Gasteiger partial charge < -0.3 is 9.80 Å². The van der Waals surface area contributed by atoms with Gasteiger partial charge in [-0.1, -0.05) is 42.1 Å². The fourth-order valence-corrected chi connectivity index (χ4v) is 3.84. The molecule has 0 aliphatic carbocycles. The number of likely N-dealkylation sites (N-methyl/N-ethyl adjacent to an activating group) is 1. The Balaban J connectivity index is 1.45. The summed E-state index contributed by atoms with van der Waals surface area (Å²) in [6.07, 6.45) is 4.73. The number of amides is 1. The van der Waals surface area contributed by atoms with Crippen molar-refractivity contribution in [2.24, 2.45) is 0 Å². The Kier molecular flexibility index (Phi) is 6.47. The van der Waals surface area contributed by atoms with E-state index < -0.39 is 0 Å². The van der Waals surface area contributed by atoms with E-state index in [1.54, 1.807) is 0 Å². The first-order valence-corrected chi connectivity index (χ1v) is 9.71. The Hall–Kier alpha value is -1.86. The van der Waals surface area contributed by atoms with Gasteiger partial charge in [-0.3, -0.25) is 9.89 Å². The molecule has 3 rings (SSSR count). The molecule has 134 valence electrons. The first-order chi connectivity index (χ1) is 12.2. The molecular formula is C18H25N5OS. The number of piperidine rings is 1. The average Bonchev–Trinajstić information content (AvgIpc) is 3.18. The molecule has 1 aliphatic rings. The van der Waals surface area contributed by atoms with Gasteiger partial charge >= 0.3 is 0 Å². The molecule has 1 N–H and O–H groups in total. The lowest BCUT2D eigenvalue weighted by Crippen LogP contribution is -2.49. The fourth-order valence-electron chi connectivity index (χ4n) is 3.16. The van der Waals surface area contributed by atoms with Crippen LogP contribution in [0.1, 0.15) is 18.4 Å². The number of hydrogen-bond acceptors (Lipinski definition) is 5. The van der Waals surface area contributed by atoms with Crippen LogP contribution in [0.4, 0.5) is 0 Å². The molecule has 25 heavy (non-hydrogen) atoms. The normalized spacial score (nSPS) is 17.8. The van der Waals surface area contributed by atoms with Crippen molar-refractivity contribution in [2.45, 2.75) is 30.5 Å². The molecule has 0 spiro atoms. The highest BCUT2D eigenvalue weighted by molar-refractivity contribution is 7.99. The number of nitrogens with one attached hydrogen (secondary N) is 1. The van der Waals surface area contributed by atoms with Gasteiger partial charge in [-0.2, -0.15) is 5.10 Å². The summed E-state index contributed by atoms with van der Waals surface area (Å²) >= 11 is 1.41. The lowest BCUT2D eigenvalue weighted by molar-refractivity contribution is -0.130. The molecule has 1 aromatic carbocycles. The Morgan fingerprint density at radius 2 is 2.24 bits per heavy atom. The number of benzene rings is 1. The maximum absolute atomic E-state index is 12.5. The molecule has 1 aromatic heterocycles. The van der Waals surface area contributed by atoms with E-state index in [2.05, 4.69) is 57.5 Å². The second-order valence-corrected chi connectivity index (χ2v) is 7.40. The Morgan fingerprint density at radius 1 is 1.40 bits per heavy atom. The largest absolute Gasteiger partial charge is 0.340 e. The van der Waals surface area contributed by atoms with Crippen molar-refractivity contribution in [3.05, 3.63) is 42.2 Å². The lowest BCUT2D eigenvalue weighted by atomic mass is 10.0. The number of nitrogens with zero attached hydrogens (tertiary/aromatic N) is 4. The molecule has 6 nitrogen and oxygen atoms in total. The van der Waals surface area contributed by atoms with Crippen molar-refractivity contribution >= 4 is 17.7 Å². The van der Waals surface area contributed by atoms with Gasteiger partial charge in [-0.05, 0) is 31.9 Å². The first kappa shape index (κ1) is 17.9. The number of aromatic nitrogens is 3. The van der Waals surface area contributed by atoms with Gasteiger partial charge in [0.1, 0.15) is 6.33 Å². The van der Waals surface area contributed by atoms with Crippen LogP contribution in [0, 0.1) is 0 Å². The SMILES string of the molecule is CN(CCc1ccccc1)[C@@H]1CCCN(C(=O)CSc2ncn[nH]2)C1. The van der Waals surface area contributed by atoms with Crippen molar-refractivity contribution in [3.63, 3.8) is 0 Å². The standard InChI is InChI=1S/C18H25N5OS/c1-22(11-9-15-6-3-2-4-7-15)16-8-5-10-23(12-16)17(24)13-25-18-19-14-20-21-18/h2-4,6-7,14,16H,5,8-13H2,1H3,(H,19,20,21)/t16-/m1/s1. The van der Waals surface area contributed by atoms with Crippen LogP contribution < -0.4 is 0 Å². The van der Waals surface area contributed by atoms with Gasteiger partial charge in [-0.15, -0.1) is 0 Å². The zero-order valence-corrected chi connectivity index (χ0v) is 15.4. The Labute approximate surface area is 153 Å². The molecular weight excluding hydrogens is 334 g/mol. The smallest absolute Gasteiger partial charge is 0.233 e. The summed E-state index contributed by atoms with van der Waals surface area (Å²) in [7, 11) is 2.17. The van der Waals surface area contributed by atoms with Gasteiger partial charge in [0, 0.05) is 25.7 Å². The first-order valence-electron chi connectivity index (χ1n) is 8.72. The van der Waals surface area contributed by atoms with E-state index in [1.165, 1.54) is 23.7 Å². The molecule has 0 bridgehead atoms. The quantitative estimate of drug-likeness (QED) is 0.767. The van der Waals surface area contributed by atoms with E-state index in [1.807, 2.05) is 4.90 Å². The molecule has 0 unspecified atom stereocenters. The van der Waals surface area contributed by atoms with Gasteiger partial charge in [0.05, 0.1) is 5.75 Å². The molecule has 2 aromatic rings. The van der Waals surface area contributed by atoms with E-state index >= 15 is 0 Å². The lowest BCUT2D eigenvalue weighted by Gasteiger charge is -2.37. The third-order valence-corrected chi connectivity index (χ3v) is 5.56. The minimum atomic E-state index is 0.183. The van der Waals surface area contributed by atoms with E-state index in [9.17, 15) is 4.79 Å². The summed E-state index contributed by atoms with van der Waals surface area (Å²) in [5.74, 6) is 0.595. The molecule has 1 amide bonds. The van der Waals surface area contributed by atoms with Crippen molar-refractivity contribution in [3.8, 4) is 0 Å². The van der Waals surface area contributed by atoms with Crippen LogP contribution in [-0.2, 0) is 11.2 Å². The number of thioether (sulfide) groups is 1. The Bertz CT molecular complexity index is 649. The second kappa shape index (κ2) is 9.01. The molecule has 0 radical (unpaired) electrons. The van der Waals surface area contributed by atoms with Crippen LogP contribution in [-0.4, -0.2) is 69.4 Å². The topological polar surface area (TPSA) is 65.1 Å². The minimum Gasteiger partial charge on any atom is -0.340 e. The average molecular weight is 359 g/mol. The van der Waals surface area contributed by atoms with Gasteiger partial charge in [0.2, 0.25) is 5.91 Å². The molecule has 2 heterocycles. The predicted octanol–water partition coefficient (Wildman–Crippen LogP) is 2.06. The van der Waals surface area contributed by atoms with Gasteiger partial charge in [-0.25, -0.2) is 4.98 Å². The fraction of sp³-hybridized carbons (Fsp3) is 0.500. The van der Waals surface area contributed by atoms with Crippen molar-refractivity contribution in [1.82, 2.24) is 25.0 Å². The Morgan fingerprint density at radius 3 is 3.00 bits per heavy atom. The highest BCUT2D eigenvalue weighted by Gasteiger charge is 2.26. The maximum atomic E-state index is 12.5. The highest BCUT2D eigenvalue weighted by atomic mass is 32.2.